The highest BCUT2D eigenvalue weighted by Gasteiger charge is 2.22. The summed E-state index contributed by atoms with van der Waals surface area (Å²) in [7, 11) is 0. The normalized spacial score (nSPS) is 25.6. The highest BCUT2D eigenvalue weighted by Crippen LogP contribution is 2.27. The van der Waals surface area contributed by atoms with Crippen LogP contribution in [0.25, 0.3) is 0 Å². The first-order valence-electron chi connectivity index (χ1n) is 6.55. The Bertz CT molecular complexity index is 315. The minimum atomic E-state index is -0.0698. The lowest BCUT2D eigenvalue weighted by Gasteiger charge is -2.27. The van der Waals surface area contributed by atoms with E-state index in [0.29, 0.717) is 5.92 Å². The van der Waals surface area contributed by atoms with E-state index in [4.69, 9.17) is 0 Å². The van der Waals surface area contributed by atoms with Crippen LogP contribution in [-0.4, -0.2) is 11.2 Å². The number of benzene rings is 1. The van der Waals surface area contributed by atoms with E-state index in [9.17, 15) is 5.11 Å². The van der Waals surface area contributed by atoms with Crippen LogP contribution in [0.2, 0.25) is 0 Å². The average molecular weight is 218 g/mol. The summed E-state index contributed by atoms with van der Waals surface area (Å²) in [6.45, 7) is 2.18. The van der Waals surface area contributed by atoms with Gasteiger partial charge in [0.25, 0.3) is 0 Å². The topological polar surface area (TPSA) is 20.2 Å². The molecule has 1 nitrogen and oxygen atoms in total. The standard InChI is InChI=1S/C15H22O/c1-2-12-7-9-13(10-8-12)11-14-5-3-4-6-15(14)16/h7-10,14-16H,2-6,11H2,1H3. The maximum Gasteiger partial charge on any atom is 0.0571 e. The number of aliphatic hydroxyl groups excluding tert-OH is 1. The third-order valence-corrected chi connectivity index (χ3v) is 3.80. The van der Waals surface area contributed by atoms with Crippen LogP contribution in [0.4, 0.5) is 0 Å². The SMILES string of the molecule is CCc1ccc(CC2CCCCC2O)cc1. The Hall–Kier alpha value is -0.820. The van der Waals surface area contributed by atoms with E-state index in [1.165, 1.54) is 30.4 Å². The first kappa shape index (κ1) is 11.7. The summed E-state index contributed by atoms with van der Waals surface area (Å²) in [5.74, 6) is 0.487. The molecule has 1 aromatic carbocycles. The van der Waals surface area contributed by atoms with Crippen molar-refractivity contribution >= 4 is 0 Å². The van der Waals surface area contributed by atoms with E-state index in [0.717, 1.165) is 19.3 Å². The van der Waals surface area contributed by atoms with Crippen LogP contribution in [0.3, 0.4) is 0 Å². The van der Waals surface area contributed by atoms with Crippen molar-refractivity contribution in [1.82, 2.24) is 0 Å². The zero-order valence-electron chi connectivity index (χ0n) is 10.2. The fourth-order valence-electron chi connectivity index (χ4n) is 2.64. The van der Waals surface area contributed by atoms with Crippen LogP contribution in [0.1, 0.15) is 43.7 Å². The summed E-state index contributed by atoms with van der Waals surface area (Å²) in [5, 5.41) is 9.93. The average Bonchev–Trinajstić information content (AvgIpc) is 2.33. The highest BCUT2D eigenvalue weighted by atomic mass is 16.3. The molecule has 1 aromatic rings. The molecule has 0 saturated heterocycles. The number of rotatable bonds is 3. The monoisotopic (exact) mass is 218 g/mol. The van der Waals surface area contributed by atoms with Gasteiger partial charge >= 0.3 is 0 Å². The molecule has 0 aromatic heterocycles. The second-order valence-electron chi connectivity index (χ2n) is 4.99. The second-order valence-corrected chi connectivity index (χ2v) is 4.99. The van der Waals surface area contributed by atoms with Crippen molar-refractivity contribution in [2.75, 3.05) is 0 Å². The third-order valence-electron chi connectivity index (χ3n) is 3.80. The van der Waals surface area contributed by atoms with Crippen molar-refractivity contribution in [1.29, 1.82) is 0 Å². The molecule has 2 unspecified atom stereocenters. The van der Waals surface area contributed by atoms with Gasteiger partial charge in [-0.1, -0.05) is 44.0 Å². The Labute approximate surface area is 98.5 Å². The molecular weight excluding hydrogens is 196 g/mol. The Kier molecular flexibility index (Phi) is 4.00. The summed E-state index contributed by atoms with van der Waals surface area (Å²) < 4.78 is 0. The smallest absolute Gasteiger partial charge is 0.0571 e. The van der Waals surface area contributed by atoms with Crippen molar-refractivity contribution in [3.05, 3.63) is 35.4 Å². The molecule has 2 rings (SSSR count). The largest absolute Gasteiger partial charge is 0.393 e. The molecule has 1 saturated carbocycles. The number of hydrogen-bond donors (Lipinski definition) is 1. The molecule has 1 fully saturated rings. The third kappa shape index (κ3) is 2.85. The molecule has 0 radical (unpaired) electrons. The molecule has 88 valence electrons. The lowest BCUT2D eigenvalue weighted by atomic mass is 9.82. The molecule has 0 aliphatic heterocycles. The minimum Gasteiger partial charge on any atom is -0.393 e. The van der Waals surface area contributed by atoms with E-state index in [2.05, 4.69) is 31.2 Å². The van der Waals surface area contributed by atoms with Gasteiger partial charge in [0.15, 0.2) is 0 Å². The number of aryl methyl sites for hydroxylation is 1. The van der Waals surface area contributed by atoms with Gasteiger partial charge in [-0.15, -0.1) is 0 Å². The van der Waals surface area contributed by atoms with Gasteiger partial charge in [0.1, 0.15) is 0 Å². The minimum absolute atomic E-state index is 0.0698. The van der Waals surface area contributed by atoms with Crippen molar-refractivity contribution in [3.8, 4) is 0 Å². The van der Waals surface area contributed by atoms with Gasteiger partial charge in [0.2, 0.25) is 0 Å². The van der Waals surface area contributed by atoms with Crippen molar-refractivity contribution in [2.24, 2.45) is 5.92 Å². The van der Waals surface area contributed by atoms with Crippen LogP contribution in [0, 0.1) is 5.92 Å². The molecule has 1 heteroatoms. The van der Waals surface area contributed by atoms with Crippen LogP contribution in [0.15, 0.2) is 24.3 Å². The Balaban J connectivity index is 1.96. The zero-order valence-corrected chi connectivity index (χ0v) is 10.2. The van der Waals surface area contributed by atoms with Crippen molar-refractivity contribution in [3.63, 3.8) is 0 Å². The predicted octanol–water partition coefficient (Wildman–Crippen LogP) is 3.34. The van der Waals surface area contributed by atoms with Gasteiger partial charge in [-0.05, 0) is 42.7 Å². The quantitative estimate of drug-likeness (QED) is 0.825. The van der Waals surface area contributed by atoms with Gasteiger partial charge in [-0.2, -0.15) is 0 Å². The first-order chi connectivity index (χ1) is 7.79. The molecule has 1 aliphatic carbocycles. The second kappa shape index (κ2) is 5.49. The molecular formula is C15H22O. The van der Waals surface area contributed by atoms with Crippen LogP contribution < -0.4 is 0 Å². The fraction of sp³-hybridized carbons (Fsp3) is 0.600. The number of aliphatic hydroxyl groups is 1. The lowest BCUT2D eigenvalue weighted by Crippen LogP contribution is -2.26. The molecule has 0 spiro atoms. The summed E-state index contributed by atoms with van der Waals surface area (Å²) in [5.41, 5.74) is 2.77. The molecule has 1 N–H and O–H groups in total. The predicted molar refractivity (Wildman–Crippen MR) is 67.5 cm³/mol. The molecule has 0 heterocycles. The zero-order chi connectivity index (χ0) is 11.4. The Morgan fingerprint density at radius 1 is 1.06 bits per heavy atom. The van der Waals surface area contributed by atoms with Crippen LogP contribution >= 0.6 is 0 Å². The van der Waals surface area contributed by atoms with Gasteiger partial charge in [-0.3, -0.25) is 0 Å². The summed E-state index contributed by atoms with van der Waals surface area (Å²) in [4.78, 5) is 0. The molecule has 2 atom stereocenters. The lowest BCUT2D eigenvalue weighted by molar-refractivity contribution is 0.0700. The van der Waals surface area contributed by atoms with E-state index >= 15 is 0 Å². The first-order valence-corrected chi connectivity index (χ1v) is 6.55. The van der Waals surface area contributed by atoms with Crippen molar-refractivity contribution in [2.45, 2.75) is 51.6 Å². The molecule has 0 amide bonds. The summed E-state index contributed by atoms with van der Waals surface area (Å²) in [6.07, 6.45) is 6.76. The highest BCUT2D eigenvalue weighted by molar-refractivity contribution is 5.23. The maximum absolute atomic E-state index is 9.93. The fourth-order valence-corrected chi connectivity index (χ4v) is 2.64. The summed E-state index contributed by atoms with van der Waals surface area (Å²) >= 11 is 0. The van der Waals surface area contributed by atoms with E-state index < -0.39 is 0 Å². The van der Waals surface area contributed by atoms with E-state index in [1.54, 1.807) is 0 Å². The maximum atomic E-state index is 9.93. The number of hydrogen-bond acceptors (Lipinski definition) is 1. The van der Waals surface area contributed by atoms with Gasteiger partial charge in [0.05, 0.1) is 6.10 Å². The van der Waals surface area contributed by atoms with Gasteiger partial charge < -0.3 is 5.11 Å². The Morgan fingerprint density at radius 3 is 2.31 bits per heavy atom. The Morgan fingerprint density at radius 2 is 1.69 bits per heavy atom. The van der Waals surface area contributed by atoms with Crippen LogP contribution in [-0.2, 0) is 12.8 Å². The van der Waals surface area contributed by atoms with E-state index in [1.807, 2.05) is 0 Å². The summed E-state index contributed by atoms with van der Waals surface area (Å²) in [6, 6.07) is 8.87. The van der Waals surface area contributed by atoms with Crippen molar-refractivity contribution < 1.29 is 5.11 Å². The van der Waals surface area contributed by atoms with Gasteiger partial charge in [-0.25, -0.2) is 0 Å². The molecule has 1 aliphatic rings. The van der Waals surface area contributed by atoms with Crippen LogP contribution in [0.5, 0.6) is 0 Å². The molecule has 0 bridgehead atoms. The molecule has 16 heavy (non-hydrogen) atoms. The van der Waals surface area contributed by atoms with Gasteiger partial charge in [0, 0.05) is 0 Å². The van der Waals surface area contributed by atoms with E-state index in [-0.39, 0.29) is 6.10 Å².